The number of hydrogen-bond acceptors (Lipinski definition) is 4. The largest absolute Gasteiger partial charge is 0.335 e. The van der Waals surface area contributed by atoms with Gasteiger partial charge in [0.15, 0.2) is 0 Å². The van der Waals surface area contributed by atoms with Crippen molar-refractivity contribution >= 4 is 11.8 Å². The van der Waals surface area contributed by atoms with Gasteiger partial charge in [-0.05, 0) is 43.5 Å². The Hall–Kier alpha value is -2.76. The molecule has 0 atom stereocenters. The van der Waals surface area contributed by atoms with Crippen LogP contribution in [-0.2, 0) is 0 Å². The average molecular weight is 338 g/mol. The van der Waals surface area contributed by atoms with Crippen LogP contribution in [0.5, 0.6) is 0 Å². The first-order valence-electron chi connectivity index (χ1n) is 8.40. The van der Waals surface area contributed by atoms with Crippen LogP contribution in [0.1, 0.15) is 37.5 Å². The Morgan fingerprint density at radius 2 is 1.44 bits per heavy atom. The highest BCUT2D eigenvalue weighted by Crippen LogP contribution is 2.18. The van der Waals surface area contributed by atoms with Crippen molar-refractivity contribution in [3.8, 4) is 0 Å². The maximum Gasteiger partial charge on any atom is 0.274 e. The van der Waals surface area contributed by atoms with Gasteiger partial charge in [-0.1, -0.05) is 6.07 Å². The van der Waals surface area contributed by atoms with Crippen LogP contribution >= 0.6 is 0 Å². The van der Waals surface area contributed by atoms with E-state index in [2.05, 4.69) is 16.0 Å². The number of amides is 2. The fraction of sp³-hybridized carbons (Fsp3) is 0.368. The Labute approximate surface area is 147 Å². The minimum atomic E-state index is -0.137. The van der Waals surface area contributed by atoms with E-state index in [-0.39, 0.29) is 11.8 Å². The molecule has 6 heteroatoms. The molecule has 1 aliphatic heterocycles. The highest BCUT2D eigenvalue weighted by atomic mass is 16.2. The predicted octanol–water partition coefficient (Wildman–Crippen LogP) is 2.00. The molecule has 25 heavy (non-hydrogen) atoms. The molecule has 2 aromatic rings. The topological polar surface area (TPSA) is 66.4 Å². The smallest absolute Gasteiger partial charge is 0.274 e. The van der Waals surface area contributed by atoms with Crippen molar-refractivity contribution in [2.24, 2.45) is 0 Å². The lowest BCUT2D eigenvalue weighted by atomic mass is 10.00. The normalized spacial score (nSPS) is 14.5. The van der Waals surface area contributed by atoms with Gasteiger partial charge < -0.3 is 9.80 Å². The molecule has 0 saturated carbocycles. The van der Waals surface area contributed by atoms with Gasteiger partial charge in [-0.2, -0.15) is 0 Å². The molecule has 1 aromatic heterocycles. The zero-order valence-electron chi connectivity index (χ0n) is 14.8. The summed E-state index contributed by atoms with van der Waals surface area (Å²) in [6.45, 7) is 8.09. The van der Waals surface area contributed by atoms with E-state index in [0.717, 1.165) is 16.7 Å². The number of carbonyl (C=O) groups excluding carboxylic acids is 2. The molecule has 1 aromatic carbocycles. The lowest BCUT2D eigenvalue weighted by Gasteiger charge is -2.35. The lowest BCUT2D eigenvalue weighted by molar-refractivity contribution is 0.0531. The first-order chi connectivity index (χ1) is 12.0. The summed E-state index contributed by atoms with van der Waals surface area (Å²) in [5.74, 6) is -0.102. The molecule has 1 aliphatic rings. The molecule has 2 heterocycles. The number of aryl methyl sites for hydroxylation is 3. The van der Waals surface area contributed by atoms with E-state index in [0.29, 0.717) is 31.9 Å². The Bertz CT molecular complexity index is 797. The van der Waals surface area contributed by atoms with Gasteiger partial charge in [0.05, 0.1) is 6.20 Å². The van der Waals surface area contributed by atoms with Crippen molar-refractivity contribution in [2.75, 3.05) is 26.2 Å². The number of aromatic nitrogens is 2. The molecule has 2 amide bonds. The van der Waals surface area contributed by atoms with E-state index in [4.69, 9.17) is 0 Å². The van der Waals surface area contributed by atoms with Gasteiger partial charge in [-0.3, -0.25) is 14.6 Å². The van der Waals surface area contributed by atoms with Crippen molar-refractivity contribution < 1.29 is 9.59 Å². The summed E-state index contributed by atoms with van der Waals surface area (Å²) < 4.78 is 0. The Kier molecular flexibility index (Phi) is 4.79. The molecule has 0 bridgehead atoms. The Balaban J connectivity index is 1.67. The van der Waals surface area contributed by atoms with Crippen LogP contribution in [0.2, 0.25) is 0 Å². The number of piperazine rings is 1. The van der Waals surface area contributed by atoms with Crippen LogP contribution in [0, 0.1) is 20.8 Å². The van der Waals surface area contributed by atoms with Crippen LogP contribution in [0.4, 0.5) is 0 Å². The van der Waals surface area contributed by atoms with Gasteiger partial charge >= 0.3 is 0 Å². The Morgan fingerprint density at radius 1 is 0.840 bits per heavy atom. The number of rotatable bonds is 2. The zero-order chi connectivity index (χ0) is 18.0. The second-order valence-electron chi connectivity index (χ2n) is 6.43. The van der Waals surface area contributed by atoms with Gasteiger partial charge in [0.25, 0.3) is 11.8 Å². The third-order valence-electron chi connectivity index (χ3n) is 4.71. The second kappa shape index (κ2) is 7.01. The van der Waals surface area contributed by atoms with Crippen LogP contribution in [0.3, 0.4) is 0 Å². The van der Waals surface area contributed by atoms with Gasteiger partial charge in [-0.25, -0.2) is 4.98 Å². The van der Waals surface area contributed by atoms with Gasteiger partial charge in [0.1, 0.15) is 5.69 Å². The molecule has 130 valence electrons. The molecule has 3 rings (SSSR count). The summed E-state index contributed by atoms with van der Waals surface area (Å²) in [5.41, 5.74) is 4.38. The first-order valence-corrected chi connectivity index (χ1v) is 8.40. The van der Waals surface area contributed by atoms with Crippen molar-refractivity contribution in [3.63, 3.8) is 0 Å². The number of benzene rings is 1. The molecule has 0 unspecified atom stereocenters. The predicted molar refractivity (Wildman–Crippen MR) is 94.5 cm³/mol. The van der Waals surface area contributed by atoms with E-state index >= 15 is 0 Å². The molecule has 0 radical (unpaired) electrons. The van der Waals surface area contributed by atoms with Gasteiger partial charge in [0, 0.05) is 44.1 Å². The SMILES string of the molecule is Cc1cc(C)c(C(=O)N2CCN(C(=O)c3cnccn3)CC2)cc1C. The number of carbonyl (C=O) groups is 2. The van der Waals surface area contributed by atoms with Crippen LogP contribution in [0.25, 0.3) is 0 Å². The molecular formula is C19H22N4O2. The molecule has 0 aliphatic carbocycles. The first kappa shape index (κ1) is 17.1. The summed E-state index contributed by atoms with van der Waals surface area (Å²) in [7, 11) is 0. The summed E-state index contributed by atoms with van der Waals surface area (Å²) in [6, 6.07) is 4.01. The fourth-order valence-electron chi connectivity index (χ4n) is 3.05. The van der Waals surface area contributed by atoms with Gasteiger partial charge in [0.2, 0.25) is 0 Å². The summed E-state index contributed by atoms with van der Waals surface area (Å²) >= 11 is 0. The summed E-state index contributed by atoms with van der Waals surface area (Å²) in [4.78, 5) is 36.8. The second-order valence-corrected chi connectivity index (χ2v) is 6.43. The summed E-state index contributed by atoms with van der Waals surface area (Å²) in [5, 5.41) is 0. The third kappa shape index (κ3) is 3.52. The average Bonchev–Trinajstić information content (AvgIpc) is 2.64. The minimum Gasteiger partial charge on any atom is -0.335 e. The van der Waals surface area contributed by atoms with Crippen molar-refractivity contribution in [1.82, 2.24) is 19.8 Å². The maximum absolute atomic E-state index is 12.8. The van der Waals surface area contributed by atoms with Crippen molar-refractivity contribution in [3.05, 3.63) is 58.7 Å². The minimum absolute atomic E-state index is 0.0344. The maximum atomic E-state index is 12.8. The monoisotopic (exact) mass is 338 g/mol. The van der Waals surface area contributed by atoms with Crippen molar-refractivity contribution in [1.29, 1.82) is 0 Å². The van der Waals surface area contributed by atoms with Crippen molar-refractivity contribution in [2.45, 2.75) is 20.8 Å². The summed E-state index contributed by atoms with van der Waals surface area (Å²) in [6.07, 6.45) is 4.52. The van der Waals surface area contributed by atoms with E-state index in [1.54, 1.807) is 11.1 Å². The van der Waals surface area contributed by atoms with Crippen LogP contribution < -0.4 is 0 Å². The number of hydrogen-bond donors (Lipinski definition) is 0. The van der Waals surface area contributed by atoms with Gasteiger partial charge in [-0.15, -0.1) is 0 Å². The molecule has 0 spiro atoms. The van der Waals surface area contributed by atoms with Crippen LogP contribution in [0.15, 0.2) is 30.7 Å². The quantitative estimate of drug-likeness (QED) is 0.840. The highest BCUT2D eigenvalue weighted by Gasteiger charge is 2.26. The highest BCUT2D eigenvalue weighted by molar-refractivity contribution is 5.96. The van der Waals surface area contributed by atoms with E-state index in [1.165, 1.54) is 18.0 Å². The Morgan fingerprint density at radius 3 is 2.04 bits per heavy atom. The molecular weight excluding hydrogens is 316 g/mol. The number of nitrogens with zero attached hydrogens (tertiary/aromatic N) is 4. The molecule has 1 fully saturated rings. The fourth-order valence-corrected chi connectivity index (χ4v) is 3.05. The van der Waals surface area contributed by atoms with E-state index in [9.17, 15) is 9.59 Å². The van der Waals surface area contributed by atoms with E-state index < -0.39 is 0 Å². The van der Waals surface area contributed by atoms with Crippen LogP contribution in [-0.4, -0.2) is 57.8 Å². The van der Waals surface area contributed by atoms with E-state index in [1.807, 2.05) is 31.7 Å². The third-order valence-corrected chi connectivity index (χ3v) is 4.71. The molecule has 0 N–H and O–H groups in total. The molecule has 6 nitrogen and oxygen atoms in total. The zero-order valence-corrected chi connectivity index (χ0v) is 14.8. The molecule has 1 saturated heterocycles. The lowest BCUT2D eigenvalue weighted by Crippen LogP contribution is -2.50. The standard InChI is InChI=1S/C19H22N4O2/c1-13-10-15(3)16(11-14(13)2)18(24)22-6-8-23(9-7-22)19(25)17-12-20-4-5-21-17/h4-5,10-12H,6-9H2,1-3H3.